The molecule has 0 aromatic carbocycles. The van der Waals surface area contributed by atoms with E-state index in [4.69, 9.17) is 9.15 Å². The predicted octanol–water partition coefficient (Wildman–Crippen LogP) is 1.37. The molecule has 2 aliphatic heterocycles. The zero-order valence-corrected chi connectivity index (χ0v) is 11.5. The molecular weight excluding hydrogens is 260 g/mol. The van der Waals surface area contributed by atoms with Crippen LogP contribution in [0.4, 0.5) is 10.8 Å². The summed E-state index contributed by atoms with van der Waals surface area (Å²) < 4.78 is 11.3. The molecule has 2 saturated heterocycles. The summed E-state index contributed by atoms with van der Waals surface area (Å²) in [5.74, 6) is 1.20. The number of ether oxygens (including phenoxy) is 1. The van der Waals surface area contributed by atoms with Crippen LogP contribution in [0.3, 0.4) is 0 Å². The smallest absolute Gasteiger partial charge is 0.410 e. The fourth-order valence-corrected chi connectivity index (χ4v) is 3.19. The summed E-state index contributed by atoms with van der Waals surface area (Å²) in [4.78, 5) is 15.2. The molecular formula is C13H18N4O3. The van der Waals surface area contributed by atoms with E-state index in [9.17, 15) is 4.79 Å². The minimum absolute atomic E-state index is 0.243. The number of aromatic nitrogens is 2. The van der Waals surface area contributed by atoms with E-state index in [2.05, 4.69) is 10.2 Å². The number of hydrogen-bond donors (Lipinski definition) is 0. The van der Waals surface area contributed by atoms with Gasteiger partial charge in [0.15, 0.2) is 5.60 Å². The third-order valence-electron chi connectivity index (χ3n) is 4.61. The molecule has 3 heterocycles. The normalized spacial score (nSPS) is 30.1. The number of hydrogen-bond acceptors (Lipinski definition) is 6. The summed E-state index contributed by atoms with van der Waals surface area (Å²) in [6, 6.07) is 0.564. The zero-order chi connectivity index (χ0) is 13.7. The first-order valence-corrected chi connectivity index (χ1v) is 7.18. The number of carbonyl (C=O) groups excluding carboxylic acids is 1. The Hall–Kier alpha value is -1.79. The summed E-state index contributed by atoms with van der Waals surface area (Å²) in [7, 11) is 1.77. The van der Waals surface area contributed by atoms with Gasteiger partial charge in [0.1, 0.15) is 0 Å². The molecule has 20 heavy (non-hydrogen) atoms. The van der Waals surface area contributed by atoms with E-state index in [0.717, 1.165) is 31.7 Å². The second kappa shape index (κ2) is 4.10. The fourth-order valence-electron chi connectivity index (χ4n) is 3.19. The lowest BCUT2D eigenvalue weighted by molar-refractivity contribution is 0.0739. The number of amides is 1. The van der Waals surface area contributed by atoms with Crippen molar-refractivity contribution in [3.05, 3.63) is 5.89 Å². The van der Waals surface area contributed by atoms with E-state index in [0.29, 0.717) is 25.0 Å². The Bertz CT molecular complexity index is 541. The Morgan fingerprint density at radius 2 is 2.15 bits per heavy atom. The maximum absolute atomic E-state index is 11.6. The van der Waals surface area contributed by atoms with E-state index in [1.54, 1.807) is 11.9 Å². The van der Waals surface area contributed by atoms with Crippen LogP contribution in [0.1, 0.15) is 37.5 Å². The number of rotatable bonds is 2. The van der Waals surface area contributed by atoms with Crippen LogP contribution in [0.25, 0.3) is 0 Å². The SMILES string of the molecule is CN1C[C@@]2(CCN(c3nnc(C4CCC4)o3)C2)OC1=O. The molecule has 3 fully saturated rings. The first-order valence-electron chi connectivity index (χ1n) is 7.18. The summed E-state index contributed by atoms with van der Waals surface area (Å²) in [6.45, 7) is 2.05. The molecule has 3 aliphatic rings. The highest BCUT2D eigenvalue weighted by Gasteiger charge is 2.49. The van der Waals surface area contributed by atoms with Crippen LogP contribution in [0.2, 0.25) is 0 Å². The van der Waals surface area contributed by atoms with Gasteiger partial charge in [-0.2, -0.15) is 0 Å². The Morgan fingerprint density at radius 1 is 1.30 bits per heavy atom. The van der Waals surface area contributed by atoms with E-state index < -0.39 is 5.60 Å². The highest BCUT2D eigenvalue weighted by Crippen LogP contribution is 2.38. The zero-order valence-electron chi connectivity index (χ0n) is 11.5. The van der Waals surface area contributed by atoms with Crippen LogP contribution in [-0.2, 0) is 4.74 Å². The predicted molar refractivity (Wildman–Crippen MR) is 69.6 cm³/mol. The number of nitrogens with zero attached hydrogens (tertiary/aromatic N) is 4. The molecule has 1 amide bonds. The molecule has 7 heteroatoms. The lowest BCUT2D eigenvalue weighted by Crippen LogP contribution is -2.37. The third kappa shape index (κ3) is 1.76. The molecule has 0 radical (unpaired) electrons. The van der Waals surface area contributed by atoms with Gasteiger partial charge in [-0.25, -0.2) is 4.79 Å². The van der Waals surface area contributed by atoms with Crippen LogP contribution >= 0.6 is 0 Å². The second-order valence-corrected chi connectivity index (χ2v) is 6.13. The summed E-state index contributed by atoms with van der Waals surface area (Å²) in [5, 5.41) is 8.30. The van der Waals surface area contributed by atoms with Crippen molar-refractivity contribution in [2.75, 3.05) is 31.6 Å². The lowest BCUT2D eigenvalue weighted by atomic mass is 9.85. The highest BCUT2D eigenvalue weighted by molar-refractivity contribution is 5.70. The van der Waals surface area contributed by atoms with Crippen molar-refractivity contribution < 1.29 is 13.9 Å². The average molecular weight is 278 g/mol. The Balaban J connectivity index is 1.48. The molecule has 1 saturated carbocycles. The van der Waals surface area contributed by atoms with E-state index >= 15 is 0 Å². The van der Waals surface area contributed by atoms with Crippen molar-refractivity contribution in [1.29, 1.82) is 0 Å². The molecule has 0 unspecified atom stereocenters. The van der Waals surface area contributed by atoms with Crippen molar-refractivity contribution in [2.24, 2.45) is 0 Å². The molecule has 7 nitrogen and oxygen atoms in total. The molecule has 1 aromatic rings. The van der Waals surface area contributed by atoms with E-state index in [-0.39, 0.29) is 6.09 Å². The Kier molecular flexibility index (Phi) is 2.46. The lowest BCUT2D eigenvalue weighted by Gasteiger charge is -2.21. The Morgan fingerprint density at radius 3 is 2.80 bits per heavy atom. The van der Waals surface area contributed by atoms with Crippen molar-refractivity contribution in [1.82, 2.24) is 15.1 Å². The maximum Gasteiger partial charge on any atom is 0.410 e. The van der Waals surface area contributed by atoms with Crippen LogP contribution in [0.15, 0.2) is 4.42 Å². The van der Waals surface area contributed by atoms with Gasteiger partial charge >= 0.3 is 12.1 Å². The van der Waals surface area contributed by atoms with Gasteiger partial charge < -0.3 is 19.0 Å². The number of anilines is 1. The van der Waals surface area contributed by atoms with E-state index in [1.165, 1.54) is 6.42 Å². The molecule has 0 bridgehead atoms. The first-order chi connectivity index (χ1) is 9.65. The first kappa shape index (κ1) is 12.0. The van der Waals surface area contributed by atoms with Crippen LogP contribution < -0.4 is 4.90 Å². The summed E-state index contributed by atoms with van der Waals surface area (Å²) in [6.07, 6.45) is 4.11. The van der Waals surface area contributed by atoms with Crippen molar-refractivity contribution in [2.45, 2.75) is 37.2 Å². The fraction of sp³-hybridized carbons (Fsp3) is 0.769. The van der Waals surface area contributed by atoms with Gasteiger partial charge in [0.25, 0.3) is 0 Å². The second-order valence-electron chi connectivity index (χ2n) is 6.13. The molecule has 1 spiro atoms. The van der Waals surface area contributed by atoms with Crippen molar-refractivity contribution in [3.63, 3.8) is 0 Å². The monoisotopic (exact) mass is 278 g/mol. The molecule has 0 N–H and O–H groups in total. The van der Waals surface area contributed by atoms with Gasteiger partial charge in [0, 0.05) is 25.9 Å². The quantitative estimate of drug-likeness (QED) is 0.813. The number of carbonyl (C=O) groups is 1. The van der Waals surface area contributed by atoms with Crippen molar-refractivity contribution >= 4 is 12.1 Å². The molecule has 108 valence electrons. The third-order valence-corrected chi connectivity index (χ3v) is 4.61. The van der Waals surface area contributed by atoms with Crippen LogP contribution in [0.5, 0.6) is 0 Å². The molecule has 1 atom stereocenters. The van der Waals surface area contributed by atoms with Crippen LogP contribution in [-0.4, -0.2) is 53.5 Å². The highest BCUT2D eigenvalue weighted by atomic mass is 16.6. The Labute approximate surface area is 116 Å². The summed E-state index contributed by atoms with van der Waals surface area (Å²) in [5.41, 5.74) is -0.406. The average Bonchev–Trinajstić information content (AvgIpc) is 3.00. The number of likely N-dealkylation sites (N-methyl/N-ethyl adjacent to an activating group) is 1. The summed E-state index contributed by atoms with van der Waals surface area (Å²) >= 11 is 0. The minimum Gasteiger partial charge on any atom is -0.439 e. The van der Waals surface area contributed by atoms with Crippen molar-refractivity contribution in [3.8, 4) is 0 Å². The van der Waals surface area contributed by atoms with Gasteiger partial charge in [0.05, 0.1) is 13.1 Å². The minimum atomic E-state index is -0.406. The van der Waals surface area contributed by atoms with Gasteiger partial charge in [-0.15, -0.1) is 5.10 Å². The molecule has 4 rings (SSSR count). The van der Waals surface area contributed by atoms with E-state index in [1.807, 2.05) is 4.90 Å². The topological polar surface area (TPSA) is 71.7 Å². The van der Waals surface area contributed by atoms with Gasteiger partial charge in [-0.3, -0.25) is 0 Å². The van der Waals surface area contributed by atoms with Gasteiger partial charge in [0.2, 0.25) is 5.89 Å². The molecule has 1 aliphatic carbocycles. The standard InChI is InChI=1S/C13H18N4O3/c1-16-7-13(20-12(16)18)5-6-17(8-13)11-15-14-10(19-11)9-3-2-4-9/h9H,2-8H2,1H3/t13-/m1/s1. The van der Waals surface area contributed by atoms with Gasteiger partial charge in [-0.1, -0.05) is 11.5 Å². The maximum atomic E-state index is 11.6. The van der Waals surface area contributed by atoms with Gasteiger partial charge in [-0.05, 0) is 12.8 Å². The van der Waals surface area contributed by atoms with Crippen LogP contribution in [0, 0.1) is 0 Å². The molecule has 1 aromatic heterocycles. The largest absolute Gasteiger partial charge is 0.439 e.